The van der Waals surface area contributed by atoms with Crippen LogP contribution in [0.5, 0.6) is 0 Å². The lowest BCUT2D eigenvalue weighted by Gasteiger charge is -2.32. The molecule has 1 aromatic rings. The maximum Gasteiger partial charge on any atom is 0.0794 e. The third-order valence-electron chi connectivity index (χ3n) is 2.69. The van der Waals surface area contributed by atoms with Gasteiger partial charge in [0.15, 0.2) is 0 Å². The molecule has 1 aromatic heterocycles. The van der Waals surface area contributed by atoms with Gasteiger partial charge in [-0.1, -0.05) is 6.42 Å². The van der Waals surface area contributed by atoms with Gasteiger partial charge < -0.3 is 5.32 Å². The summed E-state index contributed by atoms with van der Waals surface area (Å²) in [6, 6.07) is 0.561. The lowest BCUT2D eigenvalue weighted by atomic mass is 9.79. The minimum atomic E-state index is 0.561. The molecule has 3 heteroatoms. The van der Waals surface area contributed by atoms with Crippen molar-refractivity contribution < 1.29 is 0 Å². The number of hydrogen-bond donors (Lipinski definition) is 1. The summed E-state index contributed by atoms with van der Waals surface area (Å²) in [4.78, 5) is 5.50. The van der Waals surface area contributed by atoms with Crippen molar-refractivity contribution in [3.63, 3.8) is 0 Å². The van der Waals surface area contributed by atoms with Gasteiger partial charge in [0.25, 0.3) is 0 Å². The molecular weight excluding hydrogens is 168 g/mol. The molecule has 1 unspecified atom stereocenters. The molecule has 0 bridgehead atoms. The van der Waals surface area contributed by atoms with E-state index in [-0.39, 0.29) is 0 Å². The number of rotatable bonds is 3. The molecule has 12 heavy (non-hydrogen) atoms. The number of thiazole rings is 1. The first-order valence-corrected chi connectivity index (χ1v) is 5.35. The van der Waals surface area contributed by atoms with Gasteiger partial charge in [0, 0.05) is 17.1 Å². The minimum Gasteiger partial charge on any atom is -0.312 e. The van der Waals surface area contributed by atoms with E-state index in [1.54, 1.807) is 11.3 Å². The standard InChI is InChI=1S/C9H14N2S/c1-10-9(7-3-2-4-7)8-5-11-6-12-8/h5-7,9-10H,2-4H2,1H3. The Bertz CT molecular complexity index is 229. The van der Waals surface area contributed by atoms with Crippen molar-refractivity contribution in [3.05, 3.63) is 16.6 Å². The molecule has 2 nitrogen and oxygen atoms in total. The monoisotopic (exact) mass is 182 g/mol. The molecule has 1 heterocycles. The summed E-state index contributed by atoms with van der Waals surface area (Å²) < 4.78 is 0. The van der Waals surface area contributed by atoms with Gasteiger partial charge in [-0.05, 0) is 25.8 Å². The van der Waals surface area contributed by atoms with Crippen LogP contribution in [0.4, 0.5) is 0 Å². The van der Waals surface area contributed by atoms with Crippen molar-refractivity contribution in [2.24, 2.45) is 5.92 Å². The van der Waals surface area contributed by atoms with E-state index in [0.717, 1.165) is 5.92 Å². The average molecular weight is 182 g/mol. The summed E-state index contributed by atoms with van der Waals surface area (Å²) in [7, 11) is 2.04. The van der Waals surface area contributed by atoms with Gasteiger partial charge in [-0.3, -0.25) is 4.98 Å². The predicted molar refractivity (Wildman–Crippen MR) is 51.3 cm³/mol. The summed E-state index contributed by atoms with van der Waals surface area (Å²) in [5.41, 5.74) is 1.92. The highest BCUT2D eigenvalue weighted by Crippen LogP contribution is 2.38. The first-order chi connectivity index (χ1) is 5.92. The molecule has 1 aliphatic rings. The van der Waals surface area contributed by atoms with E-state index in [2.05, 4.69) is 10.3 Å². The molecule has 0 aromatic carbocycles. The quantitative estimate of drug-likeness (QED) is 0.775. The summed E-state index contributed by atoms with van der Waals surface area (Å²) in [5, 5.41) is 3.38. The number of nitrogens with one attached hydrogen (secondary N) is 1. The molecule has 0 radical (unpaired) electrons. The highest BCUT2D eigenvalue weighted by Gasteiger charge is 2.27. The SMILES string of the molecule is CNC(c1cncs1)C1CCC1. The molecule has 66 valence electrons. The highest BCUT2D eigenvalue weighted by atomic mass is 32.1. The fraction of sp³-hybridized carbons (Fsp3) is 0.667. The van der Waals surface area contributed by atoms with E-state index in [1.165, 1.54) is 24.1 Å². The Balaban J connectivity index is 2.07. The van der Waals surface area contributed by atoms with E-state index < -0.39 is 0 Å². The van der Waals surface area contributed by atoms with Crippen LogP contribution in [-0.2, 0) is 0 Å². The Labute approximate surface area is 77.0 Å². The van der Waals surface area contributed by atoms with Crippen LogP contribution < -0.4 is 5.32 Å². The molecule has 0 spiro atoms. The second-order valence-corrected chi connectivity index (χ2v) is 4.28. The van der Waals surface area contributed by atoms with E-state index in [0.29, 0.717) is 6.04 Å². The molecule has 0 aliphatic heterocycles. The number of nitrogens with zero attached hydrogens (tertiary/aromatic N) is 1. The van der Waals surface area contributed by atoms with E-state index >= 15 is 0 Å². The van der Waals surface area contributed by atoms with Crippen LogP contribution >= 0.6 is 11.3 Å². The van der Waals surface area contributed by atoms with Gasteiger partial charge in [-0.15, -0.1) is 11.3 Å². The smallest absolute Gasteiger partial charge is 0.0794 e. The van der Waals surface area contributed by atoms with Gasteiger partial charge in [-0.2, -0.15) is 0 Å². The van der Waals surface area contributed by atoms with Crippen molar-refractivity contribution in [3.8, 4) is 0 Å². The zero-order valence-corrected chi connectivity index (χ0v) is 8.10. The Morgan fingerprint density at radius 1 is 1.67 bits per heavy atom. The second kappa shape index (κ2) is 3.54. The molecule has 0 saturated heterocycles. The summed E-state index contributed by atoms with van der Waals surface area (Å²) in [5.74, 6) is 0.857. The van der Waals surface area contributed by atoms with Crippen LogP contribution in [0, 0.1) is 5.92 Å². The maximum atomic E-state index is 4.11. The van der Waals surface area contributed by atoms with Crippen LogP contribution in [0.1, 0.15) is 30.2 Å². The fourth-order valence-corrected chi connectivity index (χ4v) is 2.58. The maximum absolute atomic E-state index is 4.11. The first-order valence-electron chi connectivity index (χ1n) is 4.47. The zero-order chi connectivity index (χ0) is 8.39. The Kier molecular flexibility index (Phi) is 2.42. The third kappa shape index (κ3) is 1.39. The van der Waals surface area contributed by atoms with Crippen LogP contribution in [0.15, 0.2) is 11.7 Å². The molecule has 2 rings (SSSR count). The van der Waals surface area contributed by atoms with Gasteiger partial charge in [0.2, 0.25) is 0 Å². The van der Waals surface area contributed by atoms with Gasteiger partial charge >= 0.3 is 0 Å². The normalized spacial score (nSPS) is 20.4. The van der Waals surface area contributed by atoms with Crippen LogP contribution in [0.2, 0.25) is 0 Å². The van der Waals surface area contributed by atoms with Crippen LogP contribution in [-0.4, -0.2) is 12.0 Å². The molecule has 1 atom stereocenters. The molecule has 1 saturated carbocycles. The number of aromatic nitrogens is 1. The predicted octanol–water partition coefficient (Wildman–Crippen LogP) is 2.20. The van der Waals surface area contributed by atoms with Crippen molar-refractivity contribution in [1.29, 1.82) is 0 Å². The summed E-state index contributed by atoms with van der Waals surface area (Å²) >= 11 is 1.76. The highest BCUT2D eigenvalue weighted by molar-refractivity contribution is 7.09. The molecular formula is C9H14N2S. The lowest BCUT2D eigenvalue weighted by molar-refractivity contribution is 0.242. The minimum absolute atomic E-state index is 0.561. The fourth-order valence-electron chi connectivity index (χ4n) is 1.76. The first kappa shape index (κ1) is 8.20. The summed E-state index contributed by atoms with van der Waals surface area (Å²) in [6.45, 7) is 0. The average Bonchev–Trinajstić information content (AvgIpc) is 2.47. The molecule has 1 fully saturated rings. The zero-order valence-electron chi connectivity index (χ0n) is 7.29. The van der Waals surface area contributed by atoms with Crippen molar-refractivity contribution in [2.45, 2.75) is 25.3 Å². The Morgan fingerprint density at radius 3 is 2.92 bits per heavy atom. The van der Waals surface area contributed by atoms with E-state index in [9.17, 15) is 0 Å². The summed E-state index contributed by atoms with van der Waals surface area (Å²) in [6.07, 6.45) is 6.15. The third-order valence-corrected chi connectivity index (χ3v) is 3.55. The van der Waals surface area contributed by atoms with E-state index in [1.807, 2.05) is 18.8 Å². The van der Waals surface area contributed by atoms with Crippen molar-refractivity contribution in [2.75, 3.05) is 7.05 Å². The Morgan fingerprint density at radius 2 is 2.50 bits per heavy atom. The largest absolute Gasteiger partial charge is 0.312 e. The Hall–Kier alpha value is -0.410. The number of hydrogen-bond acceptors (Lipinski definition) is 3. The van der Waals surface area contributed by atoms with E-state index in [4.69, 9.17) is 0 Å². The van der Waals surface area contributed by atoms with Gasteiger partial charge in [-0.25, -0.2) is 0 Å². The van der Waals surface area contributed by atoms with Crippen LogP contribution in [0.3, 0.4) is 0 Å². The molecule has 1 N–H and O–H groups in total. The van der Waals surface area contributed by atoms with Gasteiger partial charge in [0.1, 0.15) is 0 Å². The molecule has 1 aliphatic carbocycles. The van der Waals surface area contributed by atoms with Crippen molar-refractivity contribution in [1.82, 2.24) is 10.3 Å². The second-order valence-electron chi connectivity index (χ2n) is 3.36. The van der Waals surface area contributed by atoms with Crippen molar-refractivity contribution >= 4 is 11.3 Å². The topological polar surface area (TPSA) is 24.9 Å². The molecule has 0 amide bonds. The lowest BCUT2D eigenvalue weighted by Crippen LogP contribution is -2.29. The van der Waals surface area contributed by atoms with Gasteiger partial charge in [0.05, 0.1) is 5.51 Å². The van der Waals surface area contributed by atoms with Crippen LogP contribution in [0.25, 0.3) is 0 Å².